The van der Waals surface area contributed by atoms with Gasteiger partial charge in [-0.05, 0) is 31.8 Å². The monoisotopic (exact) mass is 253 g/mol. The maximum atomic E-state index is 3.74. The van der Waals surface area contributed by atoms with Crippen LogP contribution in [-0.4, -0.2) is 61.7 Å². The van der Waals surface area contributed by atoms with Crippen LogP contribution < -0.4 is 5.32 Å². The molecule has 3 heteroatoms. The summed E-state index contributed by atoms with van der Waals surface area (Å²) in [5, 5.41) is 3.74. The SMILES string of the molecule is CCNC(CN1CCN(CC)CC1)C1CCCC1. The second-order valence-corrected chi connectivity index (χ2v) is 5.94. The second kappa shape index (κ2) is 7.46. The fourth-order valence-corrected chi connectivity index (χ4v) is 3.57. The lowest BCUT2D eigenvalue weighted by Gasteiger charge is -2.37. The predicted octanol–water partition coefficient (Wildman–Crippen LogP) is 1.79. The van der Waals surface area contributed by atoms with Gasteiger partial charge in [-0.2, -0.15) is 0 Å². The summed E-state index contributed by atoms with van der Waals surface area (Å²) in [7, 11) is 0. The lowest BCUT2D eigenvalue weighted by molar-refractivity contribution is 0.118. The normalized spacial score (nSPS) is 25.7. The van der Waals surface area contributed by atoms with Crippen molar-refractivity contribution in [1.82, 2.24) is 15.1 Å². The Labute approximate surface area is 113 Å². The Balaban J connectivity index is 1.77. The number of nitrogens with zero attached hydrogens (tertiary/aromatic N) is 2. The van der Waals surface area contributed by atoms with Gasteiger partial charge in [0.1, 0.15) is 0 Å². The maximum Gasteiger partial charge on any atom is 0.0223 e. The van der Waals surface area contributed by atoms with Crippen molar-refractivity contribution in [2.45, 2.75) is 45.6 Å². The van der Waals surface area contributed by atoms with Crippen LogP contribution in [0.25, 0.3) is 0 Å². The number of piperazine rings is 1. The van der Waals surface area contributed by atoms with E-state index in [1.807, 2.05) is 0 Å². The highest BCUT2D eigenvalue weighted by atomic mass is 15.3. The van der Waals surface area contributed by atoms with E-state index in [1.165, 1.54) is 65.0 Å². The molecule has 2 fully saturated rings. The van der Waals surface area contributed by atoms with E-state index in [2.05, 4.69) is 29.0 Å². The summed E-state index contributed by atoms with van der Waals surface area (Å²) in [4.78, 5) is 5.24. The topological polar surface area (TPSA) is 18.5 Å². The van der Waals surface area contributed by atoms with Crippen molar-refractivity contribution in [3.05, 3.63) is 0 Å². The van der Waals surface area contributed by atoms with Crippen LogP contribution in [0.1, 0.15) is 39.5 Å². The molecule has 1 atom stereocenters. The van der Waals surface area contributed by atoms with Gasteiger partial charge in [0.2, 0.25) is 0 Å². The summed E-state index contributed by atoms with van der Waals surface area (Å²) < 4.78 is 0. The lowest BCUT2D eigenvalue weighted by Crippen LogP contribution is -2.52. The molecule has 0 bridgehead atoms. The molecule has 2 rings (SSSR count). The van der Waals surface area contributed by atoms with Crippen LogP contribution in [-0.2, 0) is 0 Å². The predicted molar refractivity (Wildman–Crippen MR) is 78.0 cm³/mol. The van der Waals surface area contributed by atoms with E-state index in [0.29, 0.717) is 0 Å². The van der Waals surface area contributed by atoms with Crippen LogP contribution in [0.3, 0.4) is 0 Å². The van der Waals surface area contributed by atoms with Gasteiger partial charge in [-0.25, -0.2) is 0 Å². The fraction of sp³-hybridized carbons (Fsp3) is 1.00. The minimum absolute atomic E-state index is 0.741. The molecule has 1 aliphatic carbocycles. The van der Waals surface area contributed by atoms with Gasteiger partial charge in [-0.1, -0.05) is 26.7 Å². The van der Waals surface area contributed by atoms with Crippen molar-refractivity contribution < 1.29 is 0 Å². The van der Waals surface area contributed by atoms with E-state index in [0.717, 1.165) is 18.5 Å². The zero-order valence-corrected chi connectivity index (χ0v) is 12.3. The minimum atomic E-state index is 0.741. The van der Waals surface area contributed by atoms with Crippen LogP contribution in [0.5, 0.6) is 0 Å². The Hall–Kier alpha value is -0.120. The number of nitrogens with one attached hydrogen (secondary N) is 1. The Bertz CT molecular complexity index is 218. The molecule has 1 unspecified atom stereocenters. The van der Waals surface area contributed by atoms with Crippen LogP contribution in [0.2, 0.25) is 0 Å². The molecule has 2 aliphatic rings. The molecular formula is C15H31N3. The highest BCUT2D eigenvalue weighted by molar-refractivity contribution is 4.84. The van der Waals surface area contributed by atoms with Crippen LogP contribution >= 0.6 is 0 Å². The molecular weight excluding hydrogens is 222 g/mol. The van der Waals surface area contributed by atoms with E-state index in [9.17, 15) is 0 Å². The summed E-state index contributed by atoms with van der Waals surface area (Å²) in [6, 6.07) is 0.741. The number of likely N-dealkylation sites (N-methyl/N-ethyl adjacent to an activating group) is 2. The van der Waals surface area contributed by atoms with Crippen molar-refractivity contribution in [2.75, 3.05) is 45.8 Å². The summed E-state index contributed by atoms with van der Waals surface area (Å²) >= 11 is 0. The van der Waals surface area contributed by atoms with Gasteiger partial charge in [0.05, 0.1) is 0 Å². The quantitative estimate of drug-likeness (QED) is 0.778. The molecule has 3 nitrogen and oxygen atoms in total. The molecule has 0 amide bonds. The molecule has 1 saturated carbocycles. The van der Waals surface area contributed by atoms with Gasteiger partial charge < -0.3 is 10.2 Å². The van der Waals surface area contributed by atoms with Gasteiger partial charge in [0.15, 0.2) is 0 Å². The molecule has 0 aromatic rings. The average Bonchev–Trinajstić information content (AvgIpc) is 2.93. The first-order chi connectivity index (χ1) is 8.83. The Morgan fingerprint density at radius 1 is 1.00 bits per heavy atom. The highest BCUT2D eigenvalue weighted by Crippen LogP contribution is 2.28. The molecule has 0 radical (unpaired) electrons. The lowest BCUT2D eigenvalue weighted by atomic mass is 9.97. The minimum Gasteiger partial charge on any atom is -0.313 e. The second-order valence-electron chi connectivity index (χ2n) is 5.94. The third-order valence-electron chi connectivity index (χ3n) is 4.80. The van der Waals surface area contributed by atoms with Crippen molar-refractivity contribution >= 4 is 0 Å². The summed E-state index contributed by atoms with van der Waals surface area (Å²) in [5.41, 5.74) is 0. The third-order valence-corrected chi connectivity index (χ3v) is 4.80. The maximum absolute atomic E-state index is 3.74. The highest BCUT2D eigenvalue weighted by Gasteiger charge is 2.27. The van der Waals surface area contributed by atoms with E-state index in [4.69, 9.17) is 0 Å². The van der Waals surface area contributed by atoms with Gasteiger partial charge in [-0.15, -0.1) is 0 Å². The van der Waals surface area contributed by atoms with Gasteiger partial charge in [0, 0.05) is 38.8 Å². The molecule has 1 saturated heterocycles. The summed E-state index contributed by atoms with van der Waals surface area (Å²) in [6.07, 6.45) is 5.81. The first-order valence-electron chi connectivity index (χ1n) is 8.01. The average molecular weight is 253 g/mol. The third kappa shape index (κ3) is 3.94. The van der Waals surface area contributed by atoms with Gasteiger partial charge in [-0.3, -0.25) is 4.90 Å². The molecule has 0 spiro atoms. The zero-order chi connectivity index (χ0) is 12.8. The molecule has 0 aromatic heterocycles. The van der Waals surface area contributed by atoms with E-state index in [1.54, 1.807) is 0 Å². The van der Waals surface area contributed by atoms with Crippen molar-refractivity contribution in [1.29, 1.82) is 0 Å². The van der Waals surface area contributed by atoms with Crippen molar-refractivity contribution in [3.8, 4) is 0 Å². The number of hydrogen-bond acceptors (Lipinski definition) is 3. The van der Waals surface area contributed by atoms with Crippen molar-refractivity contribution in [3.63, 3.8) is 0 Å². The smallest absolute Gasteiger partial charge is 0.0223 e. The van der Waals surface area contributed by atoms with Gasteiger partial charge >= 0.3 is 0 Å². The molecule has 1 heterocycles. The Morgan fingerprint density at radius 2 is 1.61 bits per heavy atom. The number of hydrogen-bond donors (Lipinski definition) is 1. The first-order valence-corrected chi connectivity index (χ1v) is 8.01. The molecule has 1 aliphatic heterocycles. The summed E-state index contributed by atoms with van der Waals surface area (Å²) in [6.45, 7) is 13.2. The van der Waals surface area contributed by atoms with Crippen LogP contribution in [0.15, 0.2) is 0 Å². The fourth-order valence-electron chi connectivity index (χ4n) is 3.57. The van der Waals surface area contributed by atoms with E-state index in [-0.39, 0.29) is 0 Å². The van der Waals surface area contributed by atoms with Crippen LogP contribution in [0, 0.1) is 5.92 Å². The Morgan fingerprint density at radius 3 is 2.17 bits per heavy atom. The van der Waals surface area contributed by atoms with E-state index >= 15 is 0 Å². The summed E-state index contributed by atoms with van der Waals surface area (Å²) in [5.74, 6) is 0.939. The molecule has 0 aromatic carbocycles. The number of rotatable bonds is 6. The largest absolute Gasteiger partial charge is 0.313 e. The molecule has 18 heavy (non-hydrogen) atoms. The molecule has 106 valence electrons. The standard InChI is InChI=1S/C15H31N3/c1-3-16-15(14-7-5-6-8-14)13-18-11-9-17(4-2)10-12-18/h14-16H,3-13H2,1-2H3. The molecule has 1 N–H and O–H groups in total. The zero-order valence-electron chi connectivity index (χ0n) is 12.3. The van der Waals surface area contributed by atoms with Crippen molar-refractivity contribution in [2.24, 2.45) is 5.92 Å². The van der Waals surface area contributed by atoms with Crippen LogP contribution in [0.4, 0.5) is 0 Å². The Kier molecular flexibility index (Phi) is 5.93. The van der Waals surface area contributed by atoms with E-state index < -0.39 is 0 Å². The first kappa shape index (κ1) is 14.3. The van der Waals surface area contributed by atoms with Gasteiger partial charge in [0.25, 0.3) is 0 Å².